The quantitative estimate of drug-likeness (QED) is 0.914. The van der Waals surface area contributed by atoms with Crippen molar-refractivity contribution < 1.29 is 4.79 Å². The van der Waals surface area contributed by atoms with Crippen molar-refractivity contribution >= 4 is 29.0 Å². The average Bonchev–Trinajstić information content (AvgIpc) is 2.91. The Kier molecular flexibility index (Phi) is 4.45. The van der Waals surface area contributed by atoms with E-state index in [1.54, 1.807) is 10.9 Å². The molecule has 0 atom stereocenters. The van der Waals surface area contributed by atoms with Gasteiger partial charge in [0.15, 0.2) is 0 Å². The van der Waals surface area contributed by atoms with Crippen molar-refractivity contribution in [1.29, 1.82) is 0 Å². The van der Waals surface area contributed by atoms with Gasteiger partial charge in [0.05, 0.1) is 5.51 Å². The molecule has 1 saturated carbocycles. The van der Waals surface area contributed by atoms with E-state index in [0.717, 1.165) is 6.54 Å². The number of hydrogen-bond acceptors (Lipinski definition) is 4. The van der Waals surface area contributed by atoms with E-state index >= 15 is 0 Å². The fourth-order valence-electron chi connectivity index (χ4n) is 2.31. The molecule has 0 aliphatic heterocycles. The highest BCUT2D eigenvalue weighted by Gasteiger charge is 2.31. The molecule has 0 saturated heterocycles. The molecule has 5 heteroatoms. The van der Waals surface area contributed by atoms with Gasteiger partial charge in [-0.1, -0.05) is 19.3 Å². The van der Waals surface area contributed by atoms with Crippen molar-refractivity contribution in [2.45, 2.75) is 36.9 Å². The molecule has 0 unspecified atom stereocenters. The third-order valence-electron chi connectivity index (χ3n) is 3.43. The van der Waals surface area contributed by atoms with Crippen molar-refractivity contribution in [1.82, 2.24) is 10.3 Å². The molecule has 1 heterocycles. The van der Waals surface area contributed by atoms with E-state index in [0.29, 0.717) is 5.69 Å². The Morgan fingerprint density at radius 3 is 2.88 bits per heavy atom. The first-order valence-electron chi connectivity index (χ1n) is 5.97. The molecule has 94 valence electrons. The largest absolute Gasteiger partial charge is 0.349 e. The number of carbonyl (C=O) groups excluding carboxylic acids is 1. The van der Waals surface area contributed by atoms with Crippen molar-refractivity contribution in [3.05, 3.63) is 16.6 Å². The molecule has 0 radical (unpaired) electrons. The predicted octanol–water partition coefficient (Wildman–Crippen LogP) is 2.94. The molecule has 1 aliphatic rings. The molecule has 3 nitrogen and oxygen atoms in total. The molecule has 1 N–H and O–H groups in total. The van der Waals surface area contributed by atoms with Gasteiger partial charge >= 0.3 is 0 Å². The van der Waals surface area contributed by atoms with E-state index in [2.05, 4.69) is 16.6 Å². The molecule has 1 aromatic rings. The van der Waals surface area contributed by atoms with Crippen LogP contribution in [-0.4, -0.2) is 28.4 Å². The fraction of sp³-hybridized carbons (Fsp3) is 0.667. The average molecular weight is 270 g/mol. The van der Waals surface area contributed by atoms with E-state index in [4.69, 9.17) is 0 Å². The number of amides is 1. The summed E-state index contributed by atoms with van der Waals surface area (Å²) in [5.41, 5.74) is 2.24. The topological polar surface area (TPSA) is 42.0 Å². The van der Waals surface area contributed by atoms with Crippen molar-refractivity contribution in [2.24, 2.45) is 0 Å². The van der Waals surface area contributed by atoms with Crippen molar-refractivity contribution in [3.63, 3.8) is 0 Å². The van der Waals surface area contributed by atoms with Gasteiger partial charge in [0.2, 0.25) is 0 Å². The third-order valence-corrected chi connectivity index (χ3v) is 5.44. The normalized spacial score (nSPS) is 18.9. The molecule has 1 aliphatic carbocycles. The van der Waals surface area contributed by atoms with Crippen LogP contribution in [0, 0.1) is 0 Å². The molecular weight excluding hydrogens is 252 g/mol. The summed E-state index contributed by atoms with van der Waals surface area (Å²) in [6.45, 7) is 0.768. The fourth-order valence-corrected chi connectivity index (χ4v) is 3.75. The van der Waals surface area contributed by atoms with Crippen LogP contribution in [-0.2, 0) is 0 Å². The number of aromatic nitrogens is 1. The van der Waals surface area contributed by atoms with Crippen LogP contribution in [0.15, 0.2) is 10.9 Å². The highest BCUT2D eigenvalue weighted by atomic mass is 32.2. The van der Waals surface area contributed by atoms with Crippen LogP contribution in [0.4, 0.5) is 0 Å². The minimum atomic E-state index is -0.0368. The molecule has 0 aromatic carbocycles. The van der Waals surface area contributed by atoms with Gasteiger partial charge in [0.1, 0.15) is 5.69 Å². The molecule has 1 amide bonds. The Balaban J connectivity index is 1.89. The predicted molar refractivity (Wildman–Crippen MR) is 73.8 cm³/mol. The standard InChI is InChI=1S/C12H18N2OS2/c1-16-12(5-3-2-4-6-12)8-13-11(15)10-7-17-9-14-10/h7,9H,2-6,8H2,1H3,(H,13,15). The second-order valence-electron chi connectivity index (χ2n) is 4.50. The Hall–Kier alpha value is -0.550. The Morgan fingerprint density at radius 1 is 1.53 bits per heavy atom. The van der Waals surface area contributed by atoms with Crippen LogP contribution >= 0.6 is 23.1 Å². The first kappa shape index (κ1) is 12.9. The summed E-state index contributed by atoms with van der Waals surface area (Å²) in [4.78, 5) is 15.9. The van der Waals surface area contributed by atoms with E-state index in [1.807, 2.05) is 11.8 Å². The highest BCUT2D eigenvalue weighted by Crippen LogP contribution is 2.37. The van der Waals surface area contributed by atoms with Gasteiger partial charge in [-0.15, -0.1) is 11.3 Å². The molecule has 0 spiro atoms. The number of nitrogens with zero attached hydrogens (tertiary/aromatic N) is 1. The second-order valence-corrected chi connectivity index (χ2v) is 6.50. The second kappa shape index (κ2) is 5.87. The SMILES string of the molecule is CSC1(CNC(=O)c2cscn2)CCCCC1. The van der Waals surface area contributed by atoms with E-state index in [1.165, 1.54) is 43.4 Å². The van der Waals surface area contributed by atoms with Gasteiger partial charge in [-0.3, -0.25) is 4.79 Å². The smallest absolute Gasteiger partial charge is 0.270 e. The molecule has 1 fully saturated rings. The summed E-state index contributed by atoms with van der Waals surface area (Å²) < 4.78 is 0.254. The van der Waals surface area contributed by atoms with Crippen molar-refractivity contribution in [3.8, 4) is 0 Å². The van der Waals surface area contributed by atoms with Gasteiger partial charge in [0, 0.05) is 16.7 Å². The van der Waals surface area contributed by atoms with E-state index in [-0.39, 0.29) is 10.7 Å². The summed E-state index contributed by atoms with van der Waals surface area (Å²) >= 11 is 3.36. The van der Waals surface area contributed by atoms with Crippen LogP contribution < -0.4 is 5.32 Å². The summed E-state index contributed by atoms with van der Waals surface area (Å²) in [5.74, 6) is -0.0368. The van der Waals surface area contributed by atoms with Gasteiger partial charge in [-0.2, -0.15) is 11.8 Å². The molecule has 1 aromatic heterocycles. The Labute approximate surface area is 110 Å². The molecule has 17 heavy (non-hydrogen) atoms. The Morgan fingerprint density at radius 2 is 2.29 bits per heavy atom. The maximum Gasteiger partial charge on any atom is 0.270 e. The van der Waals surface area contributed by atoms with Gasteiger partial charge in [0.25, 0.3) is 5.91 Å². The zero-order valence-corrected chi connectivity index (χ0v) is 11.7. The van der Waals surface area contributed by atoms with Crippen LogP contribution in [0.1, 0.15) is 42.6 Å². The van der Waals surface area contributed by atoms with E-state index < -0.39 is 0 Å². The lowest BCUT2D eigenvalue weighted by molar-refractivity contribution is 0.0942. The van der Waals surface area contributed by atoms with Crippen molar-refractivity contribution in [2.75, 3.05) is 12.8 Å². The van der Waals surface area contributed by atoms with Crippen LogP contribution in [0.3, 0.4) is 0 Å². The van der Waals surface area contributed by atoms with E-state index in [9.17, 15) is 4.79 Å². The lowest BCUT2D eigenvalue weighted by Gasteiger charge is -2.35. The zero-order chi connectivity index (χ0) is 12.1. The van der Waals surface area contributed by atoms with Gasteiger partial charge in [-0.05, 0) is 19.1 Å². The number of nitrogens with one attached hydrogen (secondary N) is 1. The third kappa shape index (κ3) is 3.22. The number of rotatable bonds is 4. The minimum Gasteiger partial charge on any atom is -0.349 e. The highest BCUT2D eigenvalue weighted by molar-refractivity contribution is 8.00. The number of hydrogen-bond donors (Lipinski definition) is 1. The number of thiazole rings is 1. The minimum absolute atomic E-state index is 0.0368. The maximum atomic E-state index is 11.8. The zero-order valence-electron chi connectivity index (χ0n) is 10.1. The number of thioether (sulfide) groups is 1. The van der Waals surface area contributed by atoms with Gasteiger partial charge in [-0.25, -0.2) is 4.98 Å². The first-order valence-corrected chi connectivity index (χ1v) is 8.14. The van der Waals surface area contributed by atoms with Crippen LogP contribution in [0.25, 0.3) is 0 Å². The number of carbonyl (C=O) groups is 1. The van der Waals surface area contributed by atoms with Gasteiger partial charge < -0.3 is 5.32 Å². The van der Waals surface area contributed by atoms with Crippen LogP contribution in [0.2, 0.25) is 0 Å². The lowest BCUT2D eigenvalue weighted by atomic mass is 9.88. The molecule has 0 bridgehead atoms. The maximum absolute atomic E-state index is 11.8. The summed E-state index contributed by atoms with van der Waals surface area (Å²) in [6.07, 6.45) is 8.49. The monoisotopic (exact) mass is 270 g/mol. The molecule has 2 rings (SSSR count). The summed E-state index contributed by atoms with van der Waals surface area (Å²) in [7, 11) is 0. The van der Waals surface area contributed by atoms with Crippen LogP contribution in [0.5, 0.6) is 0 Å². The lowest BCUT2D eigenvalue weighted by Crippen LogP contribution is -2.41. The molecular formula is C12H18N2OS2. The first-order chi connectivity index (χ1) is 8.26. The summed E-state index contributed by atoms with van der Waals surface area (Å²) in [5, 5.41) is 4.82. The summed E-state index contributed by atoms with van der Waals surface area (Å²) in [6, 6.07) is 0. The Bertz CT molecular complexity index is 359.